The summed E-state index contributed by atoms with van der Waals surface area (Å²) in [5.41, 5.74) is -0.673. The van der Waals surface area contributed by atoms with E-state index in [1.54, 1.807) is 20.8 Å². The second-order valence-corrected chi connectivity index (χ2v) is 3.45. The van der Waals surface area contributed by atoms with Crippen LogP contribution in [0.4, 0.5) is 8.78 Å². The molecule has 0 saturated heterocycles. The van der Waals surface area contributed by atoms with Crippen LogP contribution in [-0.4, -0.2) is 19.1 Å². The van der Waals surface area contributed by atoms with Crippen molar-refractivity contribution < 1.29 is 13.6 Å². The molecule has 0 heterocycles. The second-order valence-electron chi connectivity index (χ2n) is 3.45. The standard InChI is InChI=1S/C8H13F2O/c1-8(2,3)7(11)6(4-9)5-10/h4-5H2,1-3H3. The molecule has 0 bridgehead atoms. The average Bonchev–Trinajstić information content (AvgIpc) is 1.88. The SMILES string of the molecule is CC(C)(C)C(=O)[C](CF)CF. The van der Waals surface area contributed by atoms with Crippen molar-refractivity contribution in [1.29, 1.82) is 0 Å². The van der Waals surface area contributed by atoms with E-state index in [-0.39, 0.29) is 5.92 Å². The number of carbonyl (C=O) groups excluding carboxylic acids is 1. The van der Waals surface area contributed by atoms with Gasteiger partial charge in [-0.3, -0.25) is 4.79 Å². The number of Topliss-reactive ketones (excluding diaryl/α,β-unsaturated/α-hetero) is 1. The highest BCUT2D eigenvalue weighted by Gasteiger charge is 2.30. The molecule has 1 nitrogen and oxygen atoms in total. The van der Waals surface area contributed by atoms with Crippen molar-refractivity contribution in [3.05, 3.63) is 5.92 Å². The lowest BCUT2D eigenvalue weighted by atomic mass is 9.84. The highest BCUT2D eigenvalue weighted by atomic mass is 19.1. The quantitative estimate of drug-likeness (QED) is 0.622. The van der Waals surface area contributed by atoms with Crippen molar-refractivity contribution in [2.24, 2.45) is 5.41 Å². The van der Waals surface area contributed by atoms with Crippen molar-refractivity contribution in [3.63, 3.8) is 0 Å². The fraction of sp³-hybridized carbons (Fsp3) is 0.750. The molecule has 0 aliphatic heterocycles. The third-order valence-corrected chi connectivity index (χ3v) is 1.32. The van der Waals surface area contributed by atoms with Gasteiger partial charge in [0, 0.05) is 5.41 Å². The van der Waals surface area contributed by atoms with Gasteiger partial charge in [-0.25, -0.2) is 8.78 Å². The van der Waals surface area contributed by atoms with E-state index >= 15 is 0 Å². The number of rotatable bonds is 3. The zero-order valence-corrected chi connectivity index (χ0v) is 7.08. The molecule has 0 aliphatic carbocycles. The van der Waals surface area contributed by atoms with Gasteiger partial charge in [-0.2, -0.15) is 0 Å². The van der Waals surface area contributed by atoms with Gasteiger partial charge < -0.3 is 0 Å². The first-order valence-corrected chi connectivity index (χ1v) is 3.45. The van der Waals surface area contributed by atoms with E-state index in [1.165, 1.54) is 0 Å². The molecular weight excluding hydrogens is 150 g/mol. The van der Waals surface area contributed by atoms with Crippen LogP contribution in [0.5, 0.6) is 0 Å². The number of hydrogen-bond donors (Lipinski definition) is 0. The van der Waals surface area contributed by atoms with E-state index in [0.29, 0.717) is 0 Å². The first-order valence-electron chi connectivity index (χ1n) is 3.45. The average molecular weight is 163 g/mol. The van der Waals surface area contributed by atoms with Gasteiger partial charge in [0.1, 0.15) is 19.3 Å². The highest BCUT2D eigenvalue weighted by Crippen LogP contribution is 2.21. The van der Waals surface area contributed by atoms with E-state index in [2.05, 4.69) is 0 Å². The molecule has 0 aromatic rings. The first-order chi connectivity index (χ1) is 4.93. The zero-order chi connectivity index (χ0) is 9.07. The van der Waals surface area contributed by atoms with Crippen molar-refractivity contribution >= 4 is 5.78 Å². The summed E-state index contributed by atoms with van der Waals surface area (Å²) in [6.45, 7) is 2.96. The normalized spacial score (nSPS) is 12.2. The third-order valence-electron chi connectivity index (χ3n) is 1.32. The van der Waals surface area contributed by atoms with Crippen molar-refractivity contribution in [1.82, 2.24) is 0 Å². The van der Waals surface area contributed by atoms with E-state index in [4.69, 9.17) is 0 Å². The Hall–Kier alpha value is -0.470. The Labute approximate surface area is 65.8 Å². The molecule has 0 amide bonds. The molecule has 1 radical (unpaired) electrons. The lowest BCUT2D eigenvalue weighted by molar-refractivity contribution is -0.125. The highest BCUT2D eigenvalue weighted by molar-refractivity contribution is 5.96. The molecule has 0 atom stereocenters. The second kappa shape index (κ2) is 3.79. The summed E-state index contributed by atoms with van der Waals surface area (Å²) in [5.74, 6) is -0.694. The summed E-state index contributed by atoms with van der Waals surface area (Å²) in [7, 11) is 0. The largest absolute Gasteiger partial charge is 0.298 e. The van der Waals surface area contributed by atoms with Crippen LogP contribution >= 0.6 is 0 Å². The van der Waals surface area contributed by atoms with Crippen molar-refractivity contribution in [3.8, 4) is 0 Å². The maximum atomic E-state index is 11.9. The summed E-state index contributed by atoms with van der Waals surface area (Å²) in [4.78, 5) is 11.1. The maximum absolute atomic E-state index is 11.9. The molecule has 0 aliphatic rings. The van der Waals surface area contributed by atoms with Gasteiger partial charge in [-0.15, -0.1) is 0 Å². The van der Waals surface area contributed by atoms with Crippen LogP contribution in [0.25, 0.3) is 0 Å². The van der Waals surface area contributed by atoms with Gasteiger partial charge in [-0.1, -0.05) is 20.8 Å². The van der Waals surface area contributed by atoms with Crippen LogP contribution in [0, 0.1) is 11.3 Å². The molecule has 0 saturated carbocycles. The summed E-state index contributed by atoms with van der Waals surface area (Å²) >= 11 is 0. The first kappa shape index (κ1) is 10.5. The molecule has 0 aromatic heterocycles. The van der Waals surface area contributed by atoms with Crippen LogP contribution in [0.3, 0.4) is 0 Å². The minimum Gasteiger partial charge on any atom is -0.298 e. The van der Waals surface area contributed by atoms with Gasteiger partial charge in [0.05, 0.1) is 0 Å². The number of alkyl halides is 2. The predicted molar refractivity (Wildman–Crippen MR) is 39.7 cm³/mol. The zero-order valence-electron chi connectivity index (χ0n) is 7.08. The summed E-state index contributed by atoms with van der Waals surface area (Å²) in [6.07, 6.45) is 0. The van der Waals surface area contributed by atoms with Gasteiger partial charge in [0.15, 0.2) is 5.78 Å². The topological polar surface area (TPSA) is 17.1 Å². The molecule has 0 N–H and O–H groups in total. The summed E-state index contributed by atoms with van der Waals surface area (Å²) in [6, 6.07) is 0. The molecule has 3 heteroatoms. The molecule has 65 valence electrons. The van der Waals surface area contributed by atoms with Crippen LogP contribution in [0.15, 0.2) is 0 Å². The van der Waals surface area contributed by atoms with Crippen LogP contribution in [0.2, 0.25) is 0 Å². The number of halogens is 2. The number of ketones is 1. The summed E-state index contributed by atoms with van der Waals surface area (Å²) < 4.78 is 23.9. The summed E-state index contributed by atoms with van der Waals surface area (Å²) in [5, 5.41) is 0. The van der Waals surface area contributed by atoms with Crippen LogP contribution in [0.1, 0.15) is 20.8 Å². The van der Waals surface area contributed by atoms with Gasteiger partial charge in [0.25, 0.3) is 0 Å². The molecule has 0 unspecified atom stereocenters. The van der Waals surface area contributed by atoms with Crippen LogP contribution in [-0.2, 0) is 4.79 Å². The fourth-order valence-corrected chi connectivity index (χ4v) is 0.687. The Morgan fingerprint density at radius 2 is 1.55 bits per heavy atom. The number of carbonyl (C=O) groups is 1. The minimum absolute atomic E-state index is 0.266. The molecule has 0 rings (SSSR count). The molecular formula is C8H13F2O. The molecule has 0 aromatic carbocycles. The smallest absolute Gasteiger partial charge is 0.150 e. The van der Waals surface area contributed by atoms with Gasteiger partial charge >= 0.3 is 0 Å². The third kappa shape index (κ3) is 2.95. The van der Waals surface area contributed by atoms with Gasteiger partial charge in [0.2, 0.25) is 0 Å². The van der Waals surface area contributed by atoms with E-state index in [0.717, 1.165) is 0 Å². The van der Waals surface area contributed by atoms with E-state index < -0.39 is 24.5 Å². The Balaban J connectivity index is 4.22. The van der Waals surface area contributed by atoms with E-state index in [1.807, 2.05) is 0 Å². The van der Waals surface area contributed by atoms with Crippen LogP contribution < -0.4 is 0 Å². The van der Waals surface area contributed by atoms with Gasteiger partial charge in [-0.05, 0) is 0 Å². The Kier molecular flexibility index (Phi) is 3.63. The molecule has 0 spiro atoms. The fourth-order valence-electron chi connectivity index (χ4n) is 0.687. The maximum Gasteiger partial charge on any atom is 0.150 e. The van der Waals surface area contributed by atoms with E-state index in [9.17, 15) is 13.6 Å². The Morgan fingerprint density at radius 3 is 1.64 bits per heavy atom. The molecule has 11 heavy (non-hydrogen) atoms. The Bertz CT molecular complexity index is 134. The molecule has 0 fully saturated rings. The predicted octanol–water partition coefficient (Wildman–Crippen LogP) is 2.12. The van der Waals surface area contributed by atoms with Crippen molar-refractivity contribution in [2.75, 3.05) is 13.3 Å². The minimum atomic E-state index is -0.980. The Morgan fingerprint density at radius 1 is 1.18 bits per heavy atom. The lowest BCUT2D eigenvalue weighted by Gasteiger charge is -2.19. The lowest BCUT2D eigenvalue weighted by Crippen LogP contribution is -2.29. The van der Waals surface area contributed by atoms with Crippen molar-refractivity contribution in [2.45, 2.75) is 20.8 Å². The monoisotopic (exact) mass is 163 g/mol. The number of hydrogen-bond acceptors (Lipinski definition) is 1.